The van der Waals surface area contributed by atoms with Gasteiger partial charge >= 0.3 is 244 Å². The monoisotopic (exact) mass is 750 g/mol. The third-order valence-corrected chi connectivity index (χ3v) is 0. The second-order valence-electron chi connectivity index (χ2n) is 0. The van der Waals surface area contributed by atoms with Gasteiger partial charge in [-0.15, -0.1) is 0 Å². The van der Waals surface area contributed by atoms with E-state index in [0.29, 0.717) is 0 Å². The minimum atomic E-state index is 0. The number of hydrogen-bond acceptors (Lipinski definition) is 0. The average molecular weight is 747 g/mol. The first-order chi connectivity index (χ1) is 0. The molecule has 9 heavy (non-hydrogen) atoms. The molecule has 0 aromatic heterocycles. The Balaban J connectivity index is 0. The van der Waals surface area contributed by atoms with E-state index >= 15 is 0 Å². The molecule has 0 aliphatic carbocycles. The molecule has 0 aromatic carbocycles. The minimum absolute atomic E-state index is 0. The molecule has 0 radical (unpaired) electrons. The summed E-state index contributed by atoms with van der Waals surface area (Å²) in [7, 11) is 0. The van der Waals surface area contributed by atoms with Crippen LogP contribution in [0.25, 0.3) is 12.3 Å². The van der Waals surface area contributed by atoms with Crippen LogP contribution in [0.3, 0.4) is 0 Å². The van der Waals surface area contributed by atoms with Crippen LogP contribution >= 0.6 is 0 Å². The zero-order valence-electron chi connectivity index (χ0n) is 5.25. The van der Waals surface area contributed by atoms with Crippen LogP contribution in [0.1, 0.15) is 0 Å². The SMILES string of the molecule is [Ba+2].[Ba+2].[Ba+2].[Ba+2].[Ba+2].[N-3].[N-3].[O-2].[O-2]. The molecule has 0 N–H and O–H groups in total. The fraction of sp³-hybridized carbons (Fsp3) is 0. The molecular weight excluding hydrogens is 747 g/mol. The molecule has 9 heteroatoms. The van der Waals surface area contributed by atoms with Crippen molar-refractivity contribution in [2.75, 3.05) is 0 Å². The van der Waals surface area contributed by atoms with Crippen molar-refractivity contribution in [1.82, 2.24) is 0 Å². The molecule has 0 bridgehead atoms. The Kier molecular flexibility index (Phi) is 442. The topological polar surface area (TPSA) is 118 Å². The second kappa shape index (κ2) is 57.2. The molecule has 0 spiro atoms. The summed E-state index contributed by atoms with van der Waals surface area (Å²) in [5.41, 5.74) is 0. The van der Waals surface area contributed by atoms with Crippen LogP contribution in [0.2, 0.25) is 0 Å². The second-order valence-corrected chi connectivity index (χ2v) is 0. The van der Waals surface area contributed by atoms with Gasteiger partial charge in [0.05, 0.1) is 0 Å². The van der Waals surface area contributed by atoms with Gasteiger partial charge in [0.1, 0.15) is 0 Å². The molecule has 0 aliphatic heterocycles. The van der Waals surface area contributed by atoms with Gasteiger partial charge in [-0.3, -0.25) is 0 Å². The summed E-state index contributed by atoms with van der Waals surface area (Å²) < 4.78 is 0. The zero-order chi connectivity index (χ0) is 0. The van der Waals surface area contributed by atoms with E-state index < -0.39 is 0 Å². The first kappa shape index (κ1) is 69.4. The predicted octanol–water partition coefficient (Wildman–Crippen LogP) is -1.56. The van der Waals surface area contributed by atoms with E-state index in [-0.39, 0.29) is 268 Å². The first-order valence-electron chi connectivity index (χ1n) is 0. The molecule has 0 saturated carbocycles. The van der Waals surface area contributed by atoms with E-state index in [9.17, 15) is 0 Å². The van der Waals surface area contributed by atoms with Crippen molar-refractivity contribution in [2.45, 2.75) is 0 Å². The fourth-order valence-electron chi connectivity index (χ4n) is 0. The van der Waals surface area contributed by atoms with Gasteiger partial charge in [-0.1, -0.05) is 0 Å². The van der Waals surface area contributed by atoms with Crippen molar-refractivity contribution < 1.29 is 11.0 Å². The maximum Gasteiger partial charge on any atom is 2.00 e. The maximum absolute atomic E-state index is 0. The molecule has 0 rings (SSSR count). The van der Waals surface area contributed by atoms with Gasteiger partial charge in [0.2, 0.25) is 0 Å². The minimum Gasteiger partial charge on any atom is -3.00 e. The van der Waals surface area contributed by atoms with Crippen LogP contribution in [0.5, 0.6) is 0 Å². The summed E-state index contributed by atoms with van der Waals surface area (Å²) in [6.45, 7) is 0. The molecule has 0 saturated heterocycles. The third-order valence-electron chi connectivity index (χ3n) is 0. The quantitative estimate of drug-likeness (QED) is 0.267. The molecule has 0 amide bonds. The van der Waals surface area contributed by atoms with E-state index in [0.717, 1.165) is 0 Å². The Bertz CT molecular complexity index is 12.9. The van der Waals surface area contributed by atoms with Gasteiger partial charge in [-0.2, -0.15) is 0 Å². The van der Waals surface area contributed by atoms with Crippen LogP contribution in [0.4, 0.5) is 0 Å². The van der Waals surface area contributed by atoms with Gasteiger partial charge in [-0.05, 0) is 0 Å². The summed E-state index contributed by atoms with van der Waals surface area (Å²) in [5.74, 6) is 0. The van der Waals surface area contributed by atoms with E-state index in [1.54, 1.807) is 0 Å². The van der Waals surface area contributed by atoms with Gasteiger partial charge in [-0.25, -0.2) is 0 Å². The van der Waals surface area contributed by atoms with Gasteiger partial charge < -0.3 is 23.3 Å². The molecule has 0 aliphatic rings. The Morgan fingerprint density at radius 3 is 0.333 bits per heavy atom. The maximum atomic E-state index is 0. The van der Waals surface area contributed by atoms with Gasteiger partial charge in [0.15, 0.2) is 0 Å². The number of nitrogens with zero attached hydrogens (tertiary/aromatic N) is 2. The molecule has 0 aromatic rings. The van der Waals surface area contributed by atoms with Crippen molar-refractivity contribution in [3.05, 3.63) is 12.3 Å². The summed E-state index contributed by atoms with van der Waals surface area (Å²) in [4.78, 5) is 0. The molecule has 0 fully saturated rings. The van der Waals surface area contributed by atoms with Crippen molar-refractivity contribution >= 4 is 244 Å². The zero-order valence-corrected chi connectivity index (χ0v) is 27.4. The fourth-order valence-corrected chi connectivity index (χ4v) is 0. The van der Waals surface area contributed by atoms with Crippen molar-refractivity contribution in [3.63, 3.8) is 0 Å². The molecule has 4 nitrogen and oxygen atoms in total. The summed E-state index contributed by atoms with van der Waals surface area (Å²) in [6.07, 6.45) is 0. The van der Waals surface area contributed by atoms with E-state index in [1.165, 1.54) is 0 Å². The van der Waals surface area contributed by atoms with Crippen LogP contribution in [0.15, 0.2) is 0 Å². The Morgan fingerprint density at radius 1 is 0.333 bits per heavy atom. The summed E-state index contributed by atoms with van der Waals surface area (Å²) in [5, 5.41) is 0. The van der Waals surface area contributed by atoms with Gasteiger partial charge in [0.25, 0.3) is 0 Å². The molecular formula is Ba5N2O2. The Morgan fingerprint density at radius 2 is 0.333 bits per heavy atom. The van der Waals surface area contributed by atoms with Crippen LogP contribution < -0.4 is 0 Å². The Hall–Kier alpha value is 7.70. The third kappa shape index (κ3) is 49.7. The standard InChI is InChI=1S/5Ba.2N.2O/q5*+2;2*-3;2*-2. The van der Waals surface area contributed by atoms with Crippen molar-refractivity contribution in [2.24, 2.45) is 0 Å². The van der Waals surface area contributed by atoms with Gasteiger partial charge in [0, 0.05) is 0 Å². The largest absolute Gasteiger partial charge is 3.00 e. The summed E-state index contributed by atoms with van der Waals surface area (Å²) >= 11 is 0. The number of rotatable bonds is 0. The normalized spacial score (nSPS) is 0. The smallest absolute Gasteiger partial charge is 2.00 e. The predicted molar refractivity (Wildman–Crippen MR) is 36.9 cm³/mol. The Labute approximate surface area is 257 Å². The average Bonchev–Trinajstić information content (AvgIpc) is 0. The number of hydrogen-bond donors (Lipinski definition) is 0. The van der Waals surface area contributed by atoms with Crippen LogP contribution in [-0.4, -0.2) is 244 Å². The van der Waals surface area contributed by atoms with E-state index in [1.807, 2.05) is 0 Å². The van der Waals surface area contributed by atoms with E-state index in [2.05, 4.69) is 0 Å². The van der Waals surface area contributed by atoms with E-state index in [4.69, 9.17) is 0 Å². The summed E-state index contributed by atoms with van der Waals surface area (Å²) in [6, 6.07) is 0. The van der Waals surface area contributed by atoms with Crippen molar-refractivity contribution in [1.29, 1.82) is 0 Å². The van der Waals surface area contributed by atoms with Crippen molar-refractivity contribution in [3.8, 4) is 0 Å². The molecule has 0 atom stereocenters. The van der Waals surface area contributed by atoms with Crippen LogP contribution in [-0.2, 0) is 11.0 Å². The molecule has 32 valence electrons. The molecule has 0 heterocycles. The van der Waals surface area contributed by atoms with Crippen LogP contribution in [0, 0.1) is 0 Å². The molecule has 0 unspecified atom stereocenters. The first-order valence-corrected chi connectivity index (χ1v) is 0.